The van der Waals surface area contributed by atoms with Crippen LogP contribution in [0.1, 0.15) is 24.8 Å². The molecule has 0 spiro atoms. The van der Waals surface area contributed by atoms with Crippen LogP contribution in [0.25, 0.3) is 11.5 Å². The summed E-state index contributed by atoms with van der Waals surface area (Å²) in [4.78, 5) is 6.52. The highest BCUT2D eigenvalue weighted by Crippen LogP contribution is 2.30. The van der Waals surface area contributed by atoms with E-state index in [9.17, 15) is 5.11 Å². The maximum absolute atomic E-state index is 9.87. The van der Waals surface area contributed by atoms with E-state index in [1.807, 2.05) is 19.1 Å². The van der Waals surface area contributed by atoms with Crippen molar-refractivity contribution in [3.63, 3.8) is 0 Å². The van der Waals surface area contributed by atoms with Gasteiger partial charge >= 0.3 is 0 Å². The molecule has 5 heteroatoms. The number of phenolic OH excluding ortho intramolecular Hbond substituents is 1. The van der Waals surface area contributed by atoms with Crippen molar-refractivity contribution in [1.29, 1.82) is 0 Å². The van der Waals surface area contributed by atoms with Crippen LogP contribution < -0.4 is 4.90 Å². The Morgan fingerprint density at radius 1 is 1.21 bits per heavy atom. The number of nitrogens with zero attached hydrogens (tertiary/aromatic N) is 3. The molecule has 1 aromatic carbocycles. The molecule has 5 nitrogen and oxygen atoms in total. The molecule has 2 heterocycles. The average molecular weight is 259 g/mol. The summed E-state index contributed by atoms with van der Waals surface area (Å²) in [5.41, 5.74) is 1.64. The Morgan fingerprint density at radius 2 is 2.00 bits per heavy atom. The van der Waals surface area contributed by atoms with Crippen LogP contribution in [0.3, 0.4) is 0 Å². The molecule has 0 radical (unpaired) electrons. The lowest BCUT2D eigenvalue weighted by molar-refractivity contribution is 0.421. The first-order chi connectivity index (χ1) is 9.24. The van der Waals surface area contributed by atoms with E-state index in [1.54, 1.807) is 6.07 Å². The number of rotatable bonds is 2. The normalized spacial score (nSPS) is 15.7. The van der Waals surface area contributed by atoms with Crippen LogP contribution >= 0.6 is 0 Å². The zero-order valence-corrected chi connectivity index (χ0v) is 11.0. The number of aromatic nitrogens is 2. The highest BCUT2D eigenvalue weighted by Gasteiger charge is 2.18. The van der Waals surface area contributed by atoms with Crippen molar-refractivity contribution in [1.82, 2.24) is 10.1 Å². The Kier molecular flexibility index (Phi) is 3.11. The summed E-state index contributed by atoms with van der Waals surface area (Å²) in [6, 6.07) is 5.35. The third-order valence-electron chi connectivity index (χ3n) is 3.44. The smallest absolute Gasteiger partial charge is 0.266 e. The van der Waals surface area contributed by atoms with Gasteiger partial charge < -0.3 is 14.5 Å². The molecule has 1 N–H and O–H groups in total. The summed E-state index contributed by atoms with van der Waals surface area (Å²) in [6.45, 7) is 3.91. The molecule has 1 saturated heterocycles. The van der Waals surface area contributed by atoms with Gasteiger partial charge in [0, 0.05) is 13.1 Å². The number of benzene rings is 1. The van der Waals surface area contributed by atoms with E-state index in [0.29, 0.717) is 17.4 Å². The van der Waals surface area contributed by atoms with E-state index >= 15 is 0 Å². The number of anilines is 1. The van der Waals surface area contributed by atoms with Gasteiger partial charge in [-0.05, 0) is 43.5 Å². The molecule has 1 aliphatic heterocycles. The van der Waals surface area contributed by atoms with E-state index < -0.39 is 0 Å². The van der Waals surface area contributed by atoms with Crippen LogP contribution in [0.2, 0.25) is 0 Å². The zero-order valence-electron chi connectivity index (χ0n) is 11.0. The lowest BCUT2D eigenvalue weighted by atomic mass is 10.1. The van der Waals surface area contributed by atoms with Gasteiger partial charge in [0.2, 0.25) is 0 Å². The number of aryl methyl sites for hydroxylation is 1. The molecule has 0 atom stereocenters. The number of aromatic hydroxyl groups is 1. The zero-order chi connectivity index (χ0) is 13.2. The maximum Gasteiger partial charge on any atom is 0.266 e. The largest absolute Gasteiger partial charge is 0.507 e. The third-order valence-corrected chi connectivity index (χ3v) is 3.44. The lowest BCUT2D eigenvalue weighted by Gasteiger charge is -2.24. The van der Waals surface area contributed by atoms with Crippen molar-refractivity contribution >= 4 is 5.95 Å². The second kappa shape index (κ2) is 4.91. The van der Waals surface area contributed by atoms with E-state index in [4.69, 9.17) is 4.52 Å². The van der Waals surface area contributed by atoms with Crippen molar-refractivity contribution in [2.24, 2.45) is 0 Å². The molecular weight excluding hydrogens is 242 g/mol. The minimum absolute atomic E-state index is 0.166. The quantitative estimate of drug-likeness (QED) is 0.898. The summed E-state index contributed by atoms with van der Waals surface area (Å²) < 4.78 is 5.28. The Labute approximate surface area is 111 Å². The van der Waals surface area contributed by atoms with Gasteiger partial charge in [0.15, 0.2) is 0 Å². The summed E-state index contributed by atoms with van der Waals surface area (Å²) in [5.74, 6) is 1.16. The number of phenols is 1. The minimum Gasteiger partial charge on any atom is -0.507 e. The molecule has 2 aromatic rings. The average Bonchev–Trinajstić information content (AvgIpc) is 2.92. The van der Waals surface area contributed by atoms with E-state index in [0.717, 1.165) is 18.7 Å². The van der Waals surface area contributed by atoms with Crippen LogP contribution in [0, 0.1) is 6.92 Å². The molecule has 1 aromatic heterocycles. The lowest BCUT2D eigenvalue weighted by Crippen LogP contribution is -2.30. The highest BCUT2D eigenvalue weighted by atomic mass is 16.5. The topological polar surface area (TPSA) is 62.4 Å². The number of hydrogen-bond acceptors (Lipinski definition) is 5. The molecule has 0 unspecified atom stereocenters. The second-order valence-corrected chi connectivity index (χ2v) is 4.97. The molecule has 100 valence electrons. The van der Waals surface area contributed by atoms with Crippen molar-refractivity contribution in [2.75, 3.05) is 18.0 Å². The second-order valence-electron chi connectivity index (χ2n) is 4.97. The predicted molar refractivity (Wildman–Crippen MR) is 72.2 cm³/mol. The van der Waals surface area contributed by atoms with Gasteiger partial charge in [-0.2, -0.15) is 4.98 Å². The molecule has 1 aliphatic rings. The van der Waals surface area contributed by atoms with E-state index in [1.165, 1.54) is 19.3 Å². The van der Waals surface area contributed by atoms with Crippen LogP contribution in [-0.2, 0) is 0 Å². The number of hydrogen-bond donors (Lipinski definition) is 1. The molecule has 0 aliphatic carbocycles. The molecule has 0 saturated carbocycles. The third kappa shape index (κ3) is 2.41. The van der Waals surface area contributed by atoms with Crippen LogP contribution in [-0.4, -0.2) is 28.3 Å². The van der Waals surface area contributed by atoms with Crippen molar-refractivity contribution < 1.29 is 9.63 Å². The molecule has 3 rings (SSSR count). The standard InChI is InChI=1S/C14H17N3O2/c1-10-5-6-12(18)11(9-10)13-15-14(16-19-13)17-7-3-2-4-8-17/h5-6,9,18H,2-4,7-8H2,1H3. The first-order valence-corrected chi connectivity index (χ1v) is 6.63. The van der Waals surface area contributed by atoms with Gasteiger partial charge in [0.05, 0.1) is 5.56 Å². The molecule has 1 fully saturated rings. The summed E-state index contributed by atoms with van der Waals surface area (Å²) in [6.07, 6.45) is 3.60. The van der Waals surface area contributed by atoms with Crippen molar-refractivity contribution in [2.45, 2.75) is 26.2 Å². The van der Waals surface area contributed by atoms with Gasteiger partial charge in [-0.1, -0.05) is 11.6 Å². The van der Waals surface area contributed by atoms with Crippen molar-refractivity contribution in [3.05, 3.63) is 23.8 Å². The van der Waals surface area contributed by atoms with Gasteiger partial charge in [-0.3, -0.25) is 0 Å². The Morgan fingerprint density at radius 3 is 2.79 bits per heavy atom. The fourth-order valence-corrected chi connectivity index (χ4v) is 2.37. The molecular formula is C14H17N3O2. The predicted octanol–water partition coefficient (Wildman–Crippen LogP) is 2.74. The van der Waals surface area contributed by atoms with Gasteiger partial charge in [0.1, 0.15) is 5.75 Å². The summed E-state index contributed by atoms with van der Waals surface area (Å²) in [7, 11) is 0. The Balaban J connectivity index is 1.89. The molecule has 19 heavy (non-hydrogen) atoms. The van der Waals surface area contributed by atoms with Gasteiger partial charge in [-0.15, -0.1) is 0 Å². The SMILES string of the molecule is Cc1ccc(O)c(-c2nc(N3CCCCC3)no2)c1. The van der Waals surface area contributed by atoms with E-state index in [-0.39, 0.29) is 5.75 Å². The number of piperidine rings is 1. The van der Waals surface area contributed by atoms with Crippen LogP contribution in [0.15, 0.2) is 22.7 Å². The van der Waals surface area contributed by atoms with Gasteiger partial charge in [0.25, 0.3) is 11.8 Å². The van der Waals surface area contributed by atoms with Crippen LogP contribution in [0.4, 0.5) is 5.95 Å². The fraction of sp³-hybridized carbons (Fsp3) is 0.429. The molecule has 0 bridgehead atoms. The first kappa shape index (κ1) is 12.0. The van der Waals surface area contributed by atoms with E-state index in [2.05, 4.69) is 15.0 Å². The Hall–Kier alpha value is -2.04. The maximum atomic E-state index is 9.87. The summed E-state index contributed by atoms with van der Waals surface area (Å²) in [5, 5.41) is 13.9. The van der Waals surface area contributed by atoms with Crippen LogP contribution in [0.5, 0.6) is 5.75 Å². The first-order valence-electron chi connectivity index (χ1n) is 6.63. The van der Waals surface area contributed by atoms with Crippen molar-refractivity contribution in [3.8, 4) is 17.2 Å². The summed E-state index contributed by atoms with van der Waals surface area (Å²) >= 11 is 0. The highest BCUT2D eigenvalue weighted by molar-refractivity contribution is 5.63. The Bertz CT molecular complexity index is 574. The fourth-order valence-electron chi connectivity index (χ4n) is 2.37. The minimum atomic E-state index is 0.166. The van der Waals surface area contributed by atoms with Gasteiger partial charge in [-0.25, -0.2) is 0 Å². The molecule has 0 amide bonds. The monoisotopic (exact) mass is 259 g/mol.